The minimum absolute atomic E-state index is 0.00556. The maximum absolute atomic E-state index is 10.4. The summed E-state index contributed by atoms with van der Waals surface area (Å²) >= 11 is 0. The Bertz CT molecular complexity index is 140. The van der Waals surface area contributed by atoms with Crippen molar-refractivity contribution in [3.63, 3.8) is 0 Å². The van der Waals surface area contributed by atoms with Gasteiger partial charge in [0.05, 0.1) is 0 Å². The molecule has 0 aliphatic rings. The Morgan fingerprint density at radius 3 is 1.17 bits per heavy atom. The molecule has 0 amide bonds. The van der Waals surface area contributed by atoms with Gasteiger partial charge in [0.2, 0.25) is 0 Å². The molecule has 12 heavy (non-hydrogen) atoms. The van der Waals surface area contributed by atoms with Crippen molar-refractivity contribution in [2.75, 3.05) is 14.2 Å². The average molecular weight is 196 g/mol. The van der Waals surface area contributed by atoms with E-state index < -0.39 is 7.28 Å². The first-order valence-electron chi connectivity index (χ1n) is 4.21. The zero-order valence-corrected chi connectivity index (χ0v) is 9.76. The van der Waals surface area contributed by atoms with Crippen LogP contribution in [-0.2, 0) is 9.05 Å². The quantitative estimate of drug-likeness (QED) is 0.701. The monoisotopic (exact) mass is 196 g/mol. The molecule has 0 radical (unpaired) electrons. The van der Waals surface area contributed by atoms with Crippen molar-refractivity contribution in [1.29, 1.82) is 0 Å². The molecular formula is C8H21O3P. The fraction of sp³-hybridized carbons (Fsp3) is 1.00. The molecule has 0 heterocycles. The van der Waals surface area contributed by atoms with E-state index in [4.69, 9.17) is 9.05 Å². The standard InChI is InChI=1S/C8H21O3P/c1-7(2)12(9,10-5,11-6)8(3)4/h7-9H,1-6H3. The van der Waals surface area contributed by atoms with Gasteiger partial charge in [-0.3, -0.25) is 0 Å². The molecule has 0 aromatic carbocycles. The topological polar surface area (TPSA) is 38.7 Å². The zero-order chi connectivity index (χ0) is 10.0. The molecule has 1 N–H and O–H groups in total. The minimum atomic E-state index is -3.37. The van der Waals surface area contributed by atoms with E-state index in [1.54, 1.807) is 0 Å². The van der Waals surface area contributed by atoms with Crippen molar-refractivity contribution >= 4 is 7.28 Å². The fourth-order valence-corrected chi connectivity index (χ4v) is 4.54. The summed E-state index contributed by atoms with van der Waals surface area (Å²) in [5.41, 5.74) is 0.0111. The SMILES string of the molecule is COP(O)(OC)(C(C)C)C(C)C. The number of hydrogen-bond donors (Lipinski definition) is 1. The van der Waals surface area contributed by atoms with Crippen LogP contribution in [-0.4, -0.2) is 30.4 Å². The van der Waals surface area contributed by atoms with Crippen LogP contribution in [0.4, 0.5) is 0 Å². The Morgan fingerprint density at radius 2 is 1.17 bits per heavy atom. The summed E-state index contributed by atoms with van der Waals surface area (Å²) < 4.78 is 10.5. The van der Waals surface area contributed by atoms with Gasteiger partial charge in [0.25, 0.3) is 0 Å². The number of rotatable bonds is 4. The molecule has 76 valence electrons. The van der Waals surface area contributed by atoms with Gasteiger partial charge in [0, 0.05) is 0 Å². The molecule has 0 fully saturated rings. The third-order valence-corrected chi connectivity index (χ3v) is 7.91. The van der Waals surface area contributed by atoms with Crippen LogP contribution < -0.4 is 0 Å². The normalized spacial score (nSPS) is 16.6. The van der Waals surface area contributed by atoms with Crippen molar-refractivity contribution in [1.82, 2.24) is 0 Å². The van der Waals surface area contributed by atoms with Crippen LogP contribution in [0.2, 0.25) is 0 Å². The second-order valence-electron chi connectivity index (χ2n) is 3.59. The van der Waals surface area contributed by atoms with Crippen LogP contribution in [0, 0.1) is 0 Å². The molecule has 4 heteroatoms. The predicted molar refractivity (Wildman–Crippen MR) is 53.4 cm³/mol. The van der Waals surface area contributed by atoms with Gasteiger partial charge >= 0.3 is 74.5 Å². The van der Waals surface area contributed by atoms with E-state index in [9.17, 15) is 4.89 Å². The van der Waals surface area contributed by atoms with Crippen LogP contribution in [0.3, 0.4) is 0 Å². The molecular weight excluding hydrogens is 175 g/mol. The summed E-state index contributed by atoms with van der Waals surface area (Å²) in [5.74, 6) is 0. The molecule has 3 nitrogen and oxygen atoms in total. The van der Waals surface area contributed by atoms with E-state index in [-0.39, 0.29) is 11.3 Å². The summed E-state index contributed by atoms with van der Waals surface area (Å²) in [5, 5.41) is 0. The van der Waals surface area contributed by atoms with Crippen LogP contribution in [0.5, 0.6) is 0 Å². The summed E-state index contributed by atoms with van der Waals surface area (Å²) in [6.45, 7) is 7.69. The van der Waals surface area contributed by atoms with Gasteiger partial charge in [-0.15, -0.1) is 0 Å². The summed E-state index contributed by atoms with van der Waals surface area (Å²) in [6.07, 6.45) is 0. The summed E-state index contributed by atoms with van der Waals surface area (Å²) in [4.78, 5) is 10.4. The number of hydrogen-bond acceptors (Lipinski definition) is 3. The van der Waals surface area contributed by atoms with E-state index in [1.807, 2.05) is 27.7 Å². The van der Waals surface area contributed by atoms with Crippen molar-refractivity contribution in [3.05, 3.63) is 0 Å². The van der Waals surface area contributed by atoms with Crippen molar-refractivity contribution < 1.29 is 13.9 Å². The van der Waals surface area contributed by atoms with Crippen molar-refractivity contribution in [3.8, 4) is 0 Å². The van der Waals surface area contributed by atoms with Gasteiger partial charge in [0.15, 0.2) is 0 Å². The average Bonchev–Trinajstić information content (AvgIpc) is 2.02. The van der Waals surface area contributed by atoms with Gasteiger partial charge in [0.1, 0.15) is 0 Å². The zero-order valence-electron chi connectivity index (χ0n) is 8.87. The molecule has 0 aliphatic carbocycles. The molecule has 0 aromatic rings. The molecule has 0 spiro atoms. The van der Waals surface area contributed by atoms with Gasteiger partial charge < -0.3 is 0 Å². The van der Waals surface area contributed by atoms with Crippen LogP contribution in [0.1, 0.15) is 27.7 Å². The second-order valence-corrected chi connectivity index (χ2v) is 8.47. The molecule has 0 bridgehead atoms. The fourth-order valence-electron chi connectivity index (χ4n) is 1.51. The van der Waals surface area contributed by atoms with Gasteiger partial charge in [-0.2, -0.15) is 0 Å². The Balaban J connectivity index is 5.03. The van der Waals surface area contributed by atoms with E-state index in [1.165, 1.54) is 14.2 Å². The van der Waals surface area contributed by atoms with Crippen LogP contribution >= 0.6 is 7.28 Å². The van der Waals surface area contributed by atoms with Gasteiger partial charge in [-0.25, -0.2) is 0 Å². The first-order valence-corrected chi connectivity index (χ1v) is 6.37. The first kappa shape index (κ1) is 12.3. The van der Waals surface area contributed by atoms with E-state index in [2.05, 4.69) is 0 Å². The third kappa shape index (κ3) is 1.51. The molecule has 0 atom stereocenters. The van der Waals surface area contributed by atoms with E-state index in [0.29, 0.717) is 0 Å². The predicted octanol–water partition coefficient (Wildman–Crippen LogP) is 2.39. The molecule has 0 saturated carbocycles. The Labute approximate surface area is 75.2 Å². The molecule has 0 rings (SSSR count). The van der Waals surface area contributed by atoms with Crippen LogP contribution in [0.25, 0.3) is 0 Å². The molecule has 0 saturated heterocycles. The first-order chi connectivity index (χ1) is 5.32. The summed E-state index contributed by atoms with van der Waals surface area (Å²) in [7, 11) is -0.340. The summed E-state index contributed by atoms with van der Waals surface area (Å²) in [6, 6.07) is 0. The third-order valence-electron chi connectivity index (χ3n) is 2.64. The molecule has 0 aliphatic heterocycles. The molecule has 0 aromatic heterocycles. The van der Waals surface area contributed by atoms with Crippen molar-refractivity contribution in [2.24, 2.45) is 0 Å². The Kier molecular flexibility index (Phi) is 3.68. The van der Waals surface area contributed by atoms with E-state index in [0.717, 1.165) is 0 Å². The Morgan fingerprint density at radius 1 is 0.917 bits per heavy atom. The maximum atomic E-state index is 10.4. The molecule has 0 unspecified atom stereocenters. The Hall–Kier alpha value is 0.310. The van der Waals surface area contributed by atoms with Gasteiger partial charge in [-0.05, 0) is 0 Å². The van der Waals surface area contributed by atoms with E-state index >= 15 is 0 Å². The van der Waals surface area contributed by atoms with Gasteiger partial charge in [-0.1, -0.05) is 0 Å². The van der Waals surface area contributed by atoms with Crippen LogP contribution in [0.15, 0.2) is 0 Å². The van der Waals surface area contributed by atoms with Crippen molar-refractivity contribution in [2.45, 2.75) is 39.0 Å². The second kappa shape index (κ2) is 3.59.